The van der Waals surface area contributed by atoms with Gasteiger partial charge in [-0.05, 0) is 19.1 Å². The van der Waals surface area contributed by atoms with E-state index in [9.17, 15) is 18.0 Å². The molecule has 6 heteroatoms. The molecule has 0 aliphatic heterocycles. The molecule has 15 heavy (non-hydrogen) atoms. The van der Waals surface area contributed by atoms with E-state index in [0.717, 1.165) is 12.1 Å². The molecule has 0 unspecified atom stereocenters. The lowest BCUT2D eigenvalue weighted by Gasteiger charge is -2.09. The Balaban J connectivity index is 3.25. The number of alkyl halides is 4. The largest absolute Gasteiger partial charge is 0.433 e. The van der Waals surface area contributed by atoms with Crippen LogP contribution in [0.25, 0.3) is 0 Å². The summed E-state index contributed by atoms with van der Waals surface area (Å²) in [5, 5.41) is 0.117. The van der Waals surface area contributed by atoms with Gasteiger partial charge in [-0.2, -0.15) is 13.2 Å². The predicted octanol–water partition coefficient (Wildman–Crippen LogP) is 3.20. The minimum absolute atomic E-state index is 0.109. The first-order valence-electron chi connectivity index (χ1n) is 4.00. The van der Waals surface area contributed by atoms with Crippen molar-refractivity contribution >= 4 is 21.7 Å². The normalized spacial score (nSPS) is 11.5. The van der Waals surface area contributed by atoms with Crippen molar-refractivity contribution in [2.24, 2.45) is 0 Å². The Labute approximate surface area is 92.6 Å². The molecule has 0 bridgehead atoms. The molecule has 0 atom stereocenters. The Morgan fingerprint density at radius 2 is 2.07 bits per heavy atom. The number of Topliss-reactive ketones (excluding diaryl/α,β-unsaturated/α-hetero) is 1. The second-order valence-corrected chi connectivity index (χ2v) is 3.44. The van der Waals surface area contributed by atoms with Crippen molar-refractivity contribution in [1.29, 1.82) is 0 Å². The van der Waals surface area contributed by atoms with E-state index in [1.54, 1.807) is 0 Å². The molecule has 0 amide bonds. The van der Waals surface area contributed by atoms with Crippen molar-refractivity contribution in [2.75, 3.05) is 0 Å². The molecular weight excluding hydrogens is 275 g/mol. The molecule has 2 nitrogen and oxygen atoms in total. The maximum absolute atomic E-state index is 12.3. The van der Waals surface area contributed by atoms with Crippen molar-refractivity contribution < 1.29 is 18.0 Å². The summed E-state index contributed by atoms with van der Waals surface area (Å²) >= 11 is 3.00. The van der Waals surface area contributed by atoms with Crippen molar-refractivity contribution in [3.63, 3.8) is 0 Å². The van der Waals surface area contributed by atoms with Crippen LogP contribution < -0.4 is 0 Å². The van der Waals surface area contributed by atoms with Crippen molar-refractivity contribution in [2.45, 2.75) is 18.4 Å². The topological polar surface area (TPSA) is 30.0 Å². The first-order chi connectivity index (χ1) is 6.86. The van der Waals surface area contributed by atoms with Crippen LogP contribution in [0.15, 0.2) is 12.1 Å². The fourth-order valence-corrected chi connectivity index (χ4v) is 1.51. The van der Waals surface area contributed by atoms with Crippen molar-refractivity contribution in [3.05, 3.63) is 29.1 Å². The molecule has 0 N–H and O–H groups in total. The Hall–Kier alpha value is -0.910. The van der Waals surface area contributed by atoms with Gasteiger partial charge in [0.05, 0.1) is 5.69 Å². The van der Waals surface area contributed by atoms with E-state index in [1.165, 1.54) is 6.92 Å². The molecule has 1 rings (SSSR count). The quantitative estimate of drug-likeness (QED) is 0.616. The van der Waals surface area contributed by atoms with Gasteiger partial charge in [0.1, 0.15) is 5.69 Å². The summed E-state index contributed by atoms with van der Waals surface area (Å²) in [6.07, 6.45) is -4.48. The van der Waals surface area contributed by atoms with Gasteiger partial charge < -0.3 is 0 Å². The highest BCUT2D eigenvalue weighted by Crippen LogP contribution is 2.28. The third-order valence-corrected chi connectivity index (χ3v) is 2.30. The van der Waals surface area contributed by atoms with Crippen LogP contribution in [0.5, 0.6) is 0 Å². The first-order valence-corrected chi connectivity index (χ1v) is 5.12. The second kappa shape index (κ2) is 4.30. The fraction of sp³-hybridized carbons (Fsp3) is 0.333. The van der Waals surface area contributed by atoms with Crippen LogP contribution in [-0.2, 0) is 11.5 Å². The molecule has 1 aromatic rings. The lowest BCUT2D eigenvalue weighted by Crippen LogP contribution is -2.11. The monoisotopic (exact) mass is 281 g/mol. The minimum atomic E-state index is -4.48. The van der Waals surface area contributed by atoms with E-state index < -0.39 is 11.9 Å². The standard InChI is InChI=1S/C9H7BrF3NO/c1-5(15)6-2-3-8(9(11,12)13)14-7(6)4-10/h2-3H,4H2,1H3. The Morgan fingerprint density at radius 3 is 2.47 bits per heavy atom. The minimum Gasteiger partial charge on any atom is -0.294 e. The van der Waals surface area contributed by atoms with Crippen molar-refractivity contribution in [1.82, 2.24) is 4.98 Å². The number of pyridine rings is 1. The smallest absolute Gasteiger partial charge is 0.294 e. The molecule has 82 valence electrons. The number of aromatic nitrogens is 1. The maximum Gasteiger partial charge on any atom is 0.433 e. The van der Waals surface area contributed by atoms with E-state index in [1.807, 2.05) is 0 Å². The van der Waals surface area contributed by atoms with Gasteiger partial charge in [-0.15, -0.1) is 0 Å². The summed E-state index contributed by atoms with van der Waals surface area (Å²) in [7, 11) is 0. The van der Waals surface area contributed by atoms with Crippen LogP contribution in [0.2, 0.25) is 0 Å². The lowest BCUT2D eigenvalue weighted by atomic mass is 10.1. The number of hydrogen-bond acceptors (Lipinski definition) is 2. The molecule has 0 spiro atoms. The van der Waals surface area contributed by atoms with Crippen LogP contribution >= 0.6 is 15.9 Å². The highest BCUT2D eigenvalue weighted by Gasteiger charge is 2.33. The zero-order valence-corrected chi connectivity index (χ0v) is 9.32. The van der Waals surface area contributed by atoms with Crippen LogP contribution in [0.3, 0.4) is 0 Å². The van der Waals surface area contributed by atoms with Crippen LogP contribution in [0.4, 0.5) is 13.2 Å². The van der Waals surface area contributed by atoms with Gasteiger partial charge in [-0.3, -0.25) is 4.79 Å². The summed E-state index contributed by atoms with van der Waals surface area (Å²) < 4.78 is 36.8. The summed E-state index contributed by atoms with van der Waals surface area (Å²) in [6, 6.07) is 1.96. The van der Waals surface area contributed by atoms with E-state index in [2.05, 4.69) is 20.9 Å². The van der Waals surface area contributed by atoms with Crippen LogP contribution in [0, 0.1) is 0 Å². The highest BCUT2D eigenvalue weighted by molar-refractivity contribution is 9.08. The second-order valence-electron chi connectivity index (χ2n) is 2.88. The van der Waals surface area contributed by atoms with Crippen LogP contribution in [-0.4, -0.2) is 10.8 Å². The third-order valence-electron chi connectivity index (χ3n) is 1.77. The van der Waals surface area contributed by atoms with E-state index >= 15 is 0 Å². The molecule has 1 aromatic heterocycles. The van der Waals surface area contributed by atoms with Crippen molar-refractivity contribution in [3.8, 4) is 0 Å². The van der Waals surface area contributed by atoms with E-state index in [-0.39, 0.29) is 22.4 Å². The number of ketones is 1. The summed E-state index contributed by atoms with van der Waals surface area (Å²) in [5.41, 5.74) is -0.667. The molecule has 0 aromatic carbocycles. The molecule has 0 saturated heterocycles. The summed E-state index contributed by atoms with van der Waals surface area (Å²) in [6.45, 7) is 1.29. The fourth-order valence-electron chi connectivity index (χ4n) is 1.08. The highest BCUT2D eigenvalue weighted by atomic mass is 79.9. The SMILES string of the molecule is CC(=O)c1ccc(C(F)(F)F)nc1CBr. The lowest BCUT2D eigenvalue weighted by molar-refractivity contribution is -0.141. The first kappa shape index (κ1) is 12.2. The molecule has 1 heterocycles. The average Bonchev–Trinajstić information content (AvgIpc) is 2.15. The molecular formula is C9H7BrF3NO. The summed E-state index contributed by atoms with van der Waals surface area (Å²) in [5.74, 6) is -0.300. The van der Waals surface area contributed by atoms with E-state index in [4.69, 9.17) is 0 Å². The number of nitrogens with zero attached hydrogens (tertiary/aromatic N) is 1. The van der Waals surface area contributed by atoms with Gasteiger partial charge in [-0.1, -0.05) is 15.9 Å². The summed E-state index contributed by atoms with van der Waals surface area (Å²) in [4.78, 5) is 14.4. The third kappa shape index (κ3) is 2.77. The molecule has 0 saturated carbocycles. The number of carbonyl (C=O) groups is 1. The van der Waals surface area contributed by atoms with Gasteiger partial charge in [-0.25, -0.2) is 4.98 Å². The zero-order chi connectivity index (χ0) is 11.6. The Bertz CT molecular complexity index is 389. The number of hydrogen-bond donors (Lipinski definition) is 0. The number of carbonyl (C=O) groups excluding carboxylic acids is 1. The maximum atomic E-state index is 12.3. The van der Waals surface area contributed by atoms with Gasteiger partial charge in [0.15, 0.2) is 5.78 Å². The predicted molar refractivity (Wildman–Crippen MR) is 51.9 cm³/mol. The number of halogens is 4. The molecule has 0 fully saturated rings. The molecule has 0 aliphatic carbocycles. The van der Waals surface area contributed by atoms with Crippen LogP contribution in [0.1, 0.15) is 28.7 Å². The van der Waals surface area contributed by atoms with Gasteiger partial charge in [0, 0.05) is 10.9 Å². The Morgan fingerprint density at radius 1 is 1.47 bits per heavy atom. The van der Waals surface area contributed by atoms with Gasteiger partial charge >= 0.3 is 6.18 Å². The zero-order valence-electron chi connectivity index (χ0n) is 7.73. The average molecular weight is 282 g/mol. The van der Waals surface area contributed by atoms with Gasteiger partial charge in [0.25, 0.3) is 0 Å². The van der Waals surface area contributed by atoms with Gasteiger partial charge in [0.2, 0.25) is 0 Å². The van der Waals surface area contributed by atoms with E-state index in [0.29, 0.717) is 0 Å². The Kier molecular flexibility index (Phi) is 3.49. The molecule has 0 aliphatic rings. The number of rotatable bonds is 2. The molecule has 0 radical (unpaired) electrons.